The van der Waals surface area contributed by atoms with Crippen LogP contribution in [0.25, 0.3) is 0 Å². The van der Waals surface area contributed by atoms with Crippen molar-refractivity contribution in [3.05, 3.63) is 131 Å². The van der Waals surface area contributed by atoms with Crippen molar-refractivity contribution in [2.45, 2.75) is 103 Å². The van der Waals surface area contributed by atoms with E-state index in [1.807, 2.05) is 0 Å². The van der Waals surface area contributed by atoms with Gasteiger partial charge in [-0.1, -0.05) is 86.7 Å². The predicted octanol–water partition coefficient (Wildman–Crippen LogP) is 4.07. The largest absolute Gasteiger partial charge is 0.461 e. The predicted molar refractivity (Wildman–Crippen MR) is 229 cm³/mol. The lowest BCUT2D eigenvalue weighted by Crippen LogP contribution is -2.75. The number of Topliss-reactive ketones (excluding diaryl/α,β-unsaturated/α-hetero) is 1. The molecule has 4 N–H and O–H groups in total. The van der Waals surface area contributed by atoms with E-state index in [1.54, 1.807) is 78.9 Å². The first-order chi connectivity index (χ1) is 30.6. The lowest BCUT2D eigenvalue weighted by molar-refractivity contribution is -0.249. The summed E-state index contributed by atoms with van der Waals surface area (Å²) in [6.07, 6.45) is -7.75. The summed E-state index contributed by atoms with van der Waals surface area (Å²) in [4.78, 5) is 96.4. The molecule has 3 aliphatic carbocycles. The minimum Gasteiger partial charge on any atom is -0.461 e. The Labute approximate surface area is 375 Å². The van der Waals surface area contributed by atoms with Crippen molar-refractivity contribution >= 4 is 41.5 Å². The second kappa shape index (κ2) is 18.5. The molecule has 344 valence electrons. The number of esters is 5. The Morgan fingerprint density at radius 1 is 0.785 bits per heavy atom. The number of carbonyl (C=O) groups is 7. The summed E-state index contributed by atoms with van der Waals surface area (Å²) in [6, 6.07) is 22.5. The van der Waals surface area contributed by atoms with E-state index in [9.17, 15) is 44.1 Å². The molecule has 3 aromatic rings. The van der Waals surface area contributed by atoms with Crippen molar-refractivity contribution in [2.75, 3.05) is 6.61 Å². The van der Waals surface area contributed by atoms with Gasteiger partial charge in [-0.05, 0) is 60.9 Å². The number of fused-ring (bicyclic) bond motifs is 3. The number of nitrogens with one attached hydrogen (secondary N) is 1. The third kappa shape index (κ3) is 8.98. The van der Waals surface area contributed by atoms with Crippen LogP contribution in [-0.2, 0) is 47.7 Å². The van der Waals surface area contributed by atoms with E-state index < -0.39 is 119 Å². The fraction of sp³-hybridized carbons (Fsp3) is 0.408. The van der Waals surface area contributed by atoms with Crippen LogP contribution in [0.15, 0.2) is 114 Å². The van der Waals surface area contributed by atoms with Crippen LogP contribution < -0.4 is 5.32 Å². The monoisotopic (exact) mass is 895 g/mol. The van der Waals surface area contributed by atoms with E-state index in [2.05, 4.69) is 5.32 Å². The van der Waals surface area contributed by atoms with Crippen LogP contribution in [0, 0.1) is 16.7 Å². The van der Waals surface area contributed by atoms with Gasteiger partial charge in [0.1, 0.15) is 24.4 Å². The third-order valence-electron chi connectivity index (χ3n) is 13.0. The second-order valence-corrected chi connectivity index (χ2v) is 17.4. The van der Waals surface area contributed by atoms with Crippen LogP contribution in [-0.4, -0.2) is 105 Å². The molecule has 1 fully saturated rings. The van der Waals surface area contributed by atoms with Gasteiger partial charge in [0, 0.05) is 38.2 Å². The molecule has 0 unspecified atom stereocenters. The first kappa shape index (κ1) is 48.0. The third-order valence-corrected chi connectivity index (χ3v) is 13.0. The minimum atomic E-state index is -2.54. The smallest absolute Gasteiger partial charge is 0.338 e. The number of hydrogen-bond acceptors (Lipinski definition) is 15. The zero-order valence-corrected chi connectivity index (χ0v) is 37.0. The van der Waals surface area contributed by atoms with Crippen LogP contribution in [0.4, 0.5) is 0 Å². The molecule has 0 spiro atoms. The standard InChI is InChI=1S/C49H53NO15/c1-27-34(63-45(59)38(55)37(31-17-11-8-12-18-31)50-43(57)32-19-13-9-14-20-32)25-49(60)42(64-44(58)33-21-15-10-16-22-33)40-47(7,41(56)39(62-29(3)52)36(27)46(49,5)6)35(54)23-24-48(40,65-30(4)53)26-61-28(2)51/h8-24,34-35,37-40,42,54-55,60H,25-26H2,1-7H3,(H,50,57)/t34-,35+,37-,38+,39+,40-,42-,47+,48+,49+/m0/s1. The summed E-state index contributed by atoms with van der Waals surface area (Å²) in [5.74, 6) is -8.55. The van der Waals surface area contributed by atoms with Crippen molar-refractivity contribution in [3.8, 4) is 0 Å². The molecule has 3 aliphatic rings. The maximum atomic E-state index is 15.6. The first-order valence-electron chi connectivity index (χ1n) is 21.0. The van der Waals surface area contributed by atoms with Gasteiger partial charge in [-0.2, -0.15) is 0 Å². The van der Waals surface area contributed by atoms with Crippen molar-refractivity contribution in [3.63, 3.8) is 0 Å². The number of benzene rings is 3. The van der Waals surface area contributed by atoms with E-state index in [0.717, 1.165) is 26.8 Å². The van der Waals surface area contributed by atoms with E-state index in [0.29, 0.717) is 5.56 Å². The summed E-state index contributed by atoms with van der Waals surface area (Å²) in [5, 5.41) is 40.3. The molecule has 0 heterocycles. The van der Waals surface area contributed by atoms with Crippen LogP contribution in [0.5, 0.6) is 0 Å². The van der Waals surface area contributed by atoms with Gasteiger partial charge in [0.05, 0.1) is 29.0 Å². The molecular formula is C49H53NO15. The summed E-state index contributed by atoms with van der Waals surface area (Å²) in [6.45, 7) is 8.08. The zero-order valence-electron chi connectivity index (χ0n) is 37.0. The molecule has 65 heavy (non-hydrogen) atoms. The van der Waals surface area contributed by atoms with E-state index in [-0.39, 0.29) is 22.3 Å². The number of aliphatic hydroxyl groups excluding tert-OH is 2. The Kier molecular flexibility index (Phi) is 13.7. The Balaban J connectivity index is 1.57. The summed E-state index contributed by atoms with van der Waals surface area (Å²) in [7, 11) is 0. The van der Waals surface area contributed by atoms with Gasteiger partial charge >= 0.3 is 29.8 Å². The SMILES string of the molecule is CC(=O)OC[C@]1(OC(C)=O)C=C[C@@H](O)[C@@]2(C)C(=O)[C@H](OC(C)=O)C3=C(C)[C@@H](OC(=O)[C@H](O)[C@@H](NC(=O)c4ccccc4)c4ccccc4)C[C@@](O)([C@@H](OC(=O)c4ccccc4)[C@@H]21)C3(C)C. The van der Waals surface area contributed by atoms with Crippen molar-refractivity contribution in [1.82, 2.24) is 5.32 Å². The average molecular weight is 896 g/mol. The maximum Gasteiger partial charge on any atom is 0.338 e. The Morgan fingerprint density at radius 3 is 1.91 bits per heavy atom. The molecule has 0 aromatic heterocycles. The Bertz CT molecular complexity index is 2400. The molecule has 10 atom stereocenters. The lowest BCUT2D eigenvalue weighted by Gasteiger charge is -2.62. The summed E-state index contributed by atoms with van der Waals surface area (Å²) in [5.41, 5.74) is -8.32. The van der Waals surface area contributed by atoms with Gasteiger partial charge in [-0.3, -0.25) is 24.0 Å². The Morgan fingerprint density at radius 2 is 1.35 bits per heavy atom. The minimum absolute atomic E-state index is 0.00915. The number of ketones is 1. The molecular weight excluding hydrogens is 843 g/mol. The number of hydrogen-bond donors (Lipinski definition) is 4. The number of amides is 1. The highest BCUT2D eigenvalue weighted by atomic mass is 16.6. The van der Waals surface area contributed by atoms with Crippen molar-refractivity contribution < 1.29 is 72.6 Å². The van der Waals surface area contributed by atoms with Gasteiger partial charge in [-0.25, -0.2) is 9.59 Å². The number of aliphatic hydroxyl groups is 3. The fourth-order valence-corrected chi connectivity index (χ4v) is 9.65. The molecule has 0 radical (unpaired) electrons. The summed E-state index contributed by atoms with van der Waals surface area (Å²) < 4.78 is 29.7. The molecule has 2 bridgehead atoms. The van der Waals surface area contributed by atoms with E-state index in [4.69, 9.17) is 23.7 Å². The van der Waals surface area contributed by atoms with Gasteiger partial charge in [0.15, 0.2) is 23.6 Å². The maximum absolute atomic E-state index is 15.6. The molecule has 0 aliphatic heterocycles. The zero-order chi connectivity index (χ0) is 47.6. The Hall–Kier alpha value is -6.49. The molecule has 6 rings (SSSR count). The lowest BCUT2D eigenvalue weighted by atomic mass is 9.47. The second-order valence-electron chi connectivity index (χ2n) is 17.4. The fourth-order valence-electron chi connectivity index (χ4n) is 9.65. The van der Waals surface area contributed by atoms with Crippen LogP contribution in [0.2, 0.25) is 0 Å². The molecule has 0 saturated heterocycles. The molecule has 3 aromatic carbocycles. The van der Waals surface area contributed by atoms with Crippen LogP contribution in [0.3, 0.4) is 0 Å². The van der Waals surface area contributed by atoms with Gasteiger partial charge in [0.25, 0.3) is 5.91 Å². The van der Waals surface area contributed by atoms with Gasteiger partial charge < -0.3 is 44.3 Å². The quantitative estimate of drug-likeness (QED) is 0.114. The van der Waals surface area contributed by atoms with Crippen LogP contribution in [0.1, 0.15) is 87.2 Å². The van der Waals surface area contributed by atoms with E-state index in [1.165, 1.54) is 45.9 Å². The molecule has 1 saturated carbocycles. The topological polar surface area (TPSA) is 238 Å². The van der Waals surface area contributed by atoms with Crippen molar-refractivity contribution in [2.24, 2.45) is 16.7 Å². The van der Waals surface area contributed by atoms with Crippen molar-refractivity contribution in [1.29, 1.82) is 0 Å². The van der Waals surface area contributed by atoms with Crippen LogP contribution >= 0.6 is 0 Å². The molecule has 16 nitrogen and oxygen atoms in total. The summed E-state index contributed by atoms with van der Waals surface area (Å²) >= 11 is 0. The molecule has 1 amide bonds. The number of ether oxygens (including phenoxy) is 5. The van der Waals surface area contributed by atoms with Gasteiger partial charge in [-0.15, -0.1) is 0 Å². The normalized spacial score (nSPS) is 28.8. The molecule has 16 heteroatoms. The number of rotatable bonds is 12. The average Bonchev–Trinajstić information content (AvgIpc) is 3.27. The van der Waals surface area contributed by atoms with E-state index >= 15 is 4.79 Å². The van der Waals surface area contributed by atoms with Gasteiger partial charge in [0.2, 0.25) is 0 Å². The highest BCUT2D eigenvalue weighted by molar-refractivity contribution is 5.96. The highest BCUT2D eigenvalue weighted by Crippen LogP contribution is 2.61. The number of carbonyl (C=O) groups excluding carboxylic acids is 7. The highest BCUT2D eigenvalue weighted by Gasteiger charge is 2.74. The first-order valence-corrected chi connectivity index (χ1v) is 21.0.